The molecular formula is C18H23N5O2. The van der Waals surface area contributed by atoms with E-state index >= 15 is 0 Å². The molecule has 2 aromatic rings. The third kappa shape index (κ3) is 3.11. The molecule has 25 heavy (non-hydrogen) atoms. The van der Waals surface area contributed by atoms with Gasteiger partial charge in [0.15, 0.2) is 0 Å². The van der Waals surface area contributed by atoms with Crippen LogP contribution in [0.3, 0.4) is 0 Å². The topological polar surface area (TPSA) is 74.2 Å². The molecular weight excluding hydrogens is 318 g/mol. The molecule has 0 radical (unpaired) electrons. The number of carbonyl (C=O) groups excluding carboxylic acids is 1. The first-order chi connectivity index (χ1) is 12.1. The predicted molar refractivity (Wildman–Crippen MR) is 93.6 cm³/mol. The van der Waals surface area contributed by atoms with Crippen LogP contribution in [0.5, 0.6) is 0 Å². The summed E-state index contributed by atoms with van der Waals surface area (Å²) in [5.74, 6) is -0.0523. The van der Waals surface area contributed by atoms with Gasteiger partial charge in [0.25, 0.3) is 5.91 Å². The molecule has 1 amide bonds. The first-order valence-corrected chi connectivity index (χ1v) is 8.85. The normalized spacial score (nSPS) is 19.0. The molecule has 132 valence electrons. The quantitative estimate of drug-likeness (QED) is 0.859. The molecule has 0 atom stereocenters. The Morgan fingerprint density at radius 3 is 2.48 bits per heavy atom. The lowest BCUT2D eigenvalue weighted by molar-refractivity contribution is 0.0746. The van der Waals surface area contributed by atoms with Crippen molar-refractivity contribution in [3.05, 3.63) is 51.7 Å². The van der Waals surface area contributed by atoms with E-state index in [-0.39, 0.29) is 17.4 Å². The van der Waals surface area contributed by atoms with Crippen LogP contribution in [0.1, 0.15) is 28.2 Å². The van der Waals surface area contributed by atoms with Gasteiger partial charge < -0.3 is 4.90 Å². The highest BCUT2D eigenvalue weighted by atomic mass is 16.2. The Hall–Kier alpha value is -2.41. The smallest absolute Gasteiger partial charge is 0.335 e. The Labute approximate surface area is 146 Å². The number of rotatable bonds is 2. The van der Waals surface area contributed by atoms with Crippen LogP contribution in [0.4, 0.5) is 0 Å². The van der Waals surface area contributed by atoms with Gasteiger partial charge in [-0.3, -0.25) is 14.7 Å². The van der Waals surface area contributed by atoms with Crippen molar-refractivity contribution < 1.29 is 4.79 Å². The van der Waals surface area contributed by atoms with Gasteiger partial charge in [0.05, 0.1) is 0 Å². The van der Waals surface area contributed by atoms with E-state index in [1.165, 1.54) is 18.2 Å². The Morgan fingerprint density at radius 2 is 1.84 bits per heavy atom. The molecule has 0 saturated carbocycles. The molecule has 1 N–H and O–H groups in total. The zero-order valence-corrected chi connectivity index (χ0v) is 14.4. The molecule has 0 unspecified atom stereocenters. The maximum atomic E-state index is 12.6. The maximum Gasteiger partial charge on any atom is 0.343 e. The van der Waals surface area contributed by atoms with Gasteiger partial charge >= 0.3 is 5.69 Å². The summed E-state index contributed by atoms with van der Waals surface area (Å²) in [6.07, 6.45) is 3.13. The Kier molecular flexibility index (Phi) is 4.17. The summed E-state index contributed by atoms with van der Waals surface area (Å²) < 4.78 is 1.16. The summed E-state index contributed by atoms with van der Waals surface area (Å²) in [5.41, 5.74) is 2.55. The number of nitrogens with zero attached hydrogens (tertiary/aromatic N) is 4. The van der Waals surface area contributed by atoms with Crippen LogP contribution >= 0.6 is 0 Å². The van der Waals surface area contributed by atoms with E-state index < -0.39 is 0 Å². The SMILES string of the molecule is Cn1nc(C(=O)N2CCCN(C3Cc4ccccc4C3)CC2)[nH]c1=O. The van der Waals surface area contributed by atoms with Crippen molar-refractivity contribution in [2.75, 3.05) is 26.2 Å². The Bertz CT molecular complexity index is 815. The predicted octanol–water partition coefficient (Wildman–Crippen LogP) is 0.424. The lowest BCUT2D eigenvalue weighted by Gasteiger charge is -2.27. The number of aromatic amines is 1. The van der Waals surface area contributed by atoms with Crippen molar-refractivity contribution in [2.45, 2.75) is 25.3 Å². The molecule has 1 aliphatic carbocycles. The van der Waals surface area contributed by atoms with E-state index in [9.17, 15) is 9.59 Å². The van der Waals surface area contributed by atoms with Gasteiger partial charge in [0, 0.05) is 39.3 Å². The van der Waals surface area contributed by atoms with E-state index in [0.717, 1.165) is 37.0 Å². The number of nitrogens with one attached hydrogen (secondary N) is 1. The average Bonchev–Trinajstić information content (AvgIpc) is 3.09. The van der Waals surface area contributed by atoms with Crippen molar-refractivity contribution in [1.82, 2.24) is 24.6 Å². The molecule has 0 bridgehead atoms. The van der Waals surface area contributed by atoms with Crippen molar-refractivity contribution >= 4 is 5.91 Å². The molecule has 1 aromatic carbocycles. The van der Waals surface area contributed by atoms with Crippen LogP contribution in [0.15, 0.2) is 29.1 Å². The van der Waals surface area contributed by atoms with E-state index in [0.29, 0.717) is 19.1 Å². The van der Waals surface area contributed by atoms with Crippen LogP contribution in [-0.4, -0.2) is 62.7 Å². The van der Waals surface area contributed by atoms with E-state index in [1.807, 2.05) is 0 Å². The first kappa shape index (κ1) is 16.1. The first-order valence-electron chi connectivity index (χ1n) is 8.85. The maximum absolute atomic E-state index is 12.6. The van der Waals surface area contributed by atoms with Gasteiger partial charge in [-0.15, -0.1) is 5.10 Å². The fourth-order valence-electron chi connectivity index (χ4n) is 3.95. The summed E-state index contributed by atoms with van der Waals surface area (Å²) in [5, 5.41) is 3.98. The molecule has 2 heterocycles. The average molecular weight is 341 g/mol. The van der Waals surface area contributed by atoms with Crippen molar-refractivity contribution in [2.24, 2.45) is 7.05 Å². The number of aryl methyl sites for hydroxylation is 1. The number of aromatic nitrogens is 3. The molecule has 4 rings (SSSR count). The third-order valence-corrected chi connectivity index (χ3v) is 5.34. The lowest BCUT2D eigenvalue weighted by atomic mass is 10.1. The number of fused-ring (bicyclic) bond motifs is 1. The van der Waals surface area contributed by atoms with E-state index in [4.69, 9.17) is 0 Å². The fraction of sp³-hybridized carbons (Fsp3) is 0.500. The number of H-pyrrole nitrogens is 1. The second-order valence-electron chi connectivity index (χ2n) is 6.91. The van der Waals surface area contributed by atoms with Crippen LogP contribution in [0.2, 0.25) is 0 Å². The Balaban J connectivity index is 1.41. The summed E-state index contributed by atoms with van der Waals surface area (Å²) in [6, 6.07) is 9.19. The number of benzene rings is 1. The van der Waals surface area contributed by atoms with Crippen molar-refractivity contribution in [1.29, 1.82) is 0 Å². The summed E-state index contributed by atoms with van der Waals surface area (Å²) in [4.78, 5) is 30.9. The monoisotopic (exact) mass is 341 g/mol. The number of amides is 1. The highest BCUT2D eigenvalue weighted by Crippen LogP contribution is 2.26. The molecule has 0 spiro atoms. The highest BCUT2D eigenvalue weighted by molar-refractivity contribution is 5.90. The zero-order chi connectivity index (χ0) is 17.4. The fourth-order valence-corrected chi connectivity index (χ4v) is 3.95. The summed E-state index contributed by atoms with van der Waals surface area (Å²) >= 11 is 0. The number of hydrogen-bond donors (Lipinski definition) is 1. The molecule has 1 aliphatic heterocycles. The van der Waals surface area contributed by atoms with Gasteiger partial charge in [-0.2, -0.15) is 0 Å². The molecule has 7 nitrogen and oxygen atoms in total. The van der Waals surface area contributed by atoms with Crippen LogP contribution in [0.25, 0.3) is 0 Å². The van der Waals surface area contributed by atoms with Crippen LogP contribution in [0, 0.1) is 0 Å². The largest absolute Gasteiger partial charge is 0.343 e. The molecule has 1 saturated heterocycles. The second-order valence-corrected chi connectivity index (χ2v) is 6.91. The van der Waals surface area contributed by atoms with Gasteiger partial charge in [0.2, 0.25) is 5.82 Å². The lowest BCUT2D eigenvalue weighted by Crippen LogP contribution is -2.40. The second kappa shape index (κ2) is 6.48. The minimum absolute atomic E-state index is 0.134. The van der Waals surface area contributed by atoms with E-state index in [1.54, 1.807) is 4.90 Å². The van der Waals surface area contributed by atoms with Crippen LogP contribution < -0.4 is 5.69 Å². The number of hydrogen-bond acceptors (Lipinski definition) is 4. The third-order valence-electron chi connectivity index (χ3n) is 5.34. The van der Waals surface area contributed by atoms with Crippen molar-refractivity contribution in [3.63, 3.8) is 0 Å². The summed E-state index contributed by atoms with van der Waals surface area (Å²) in [6.45, 7) is 3.24. The van der Waals surface area contributed by atoms with Crippen molar-refractivity contribution in [3.8, 4) is 0 Å². The minimum atomic E-state index is -0.358. The zero-order valence-electron chi connectivity index (χ0n) is 14.4. The van der Waals surface area contributed by atoms with Gasteiger partial charge in [-0.25, -0.2) is 9.48 Å². The standard InChI is InChI=1S/C18H23N5O2/c1-21-18(25)19-16(20-21)17(24)23-8-4-7-22(9-10-23)15-11-13-5-2-3-6-14(13)12-15/h2-3,5-6,15H,4,7-12H2,1H3,(H,19,20,25). The van der Waals surface area contributed by atoms with Gasteiger partial charge in [0.1, 0.15) is 0 Å². The molecule has 7 heteroatoms. The van der Waals surface area contributed by atoms with Crippen LogP contribution in [-0.2, 0) is 19.9 Å². The van der Waals surface area contributed by atoms with Gasteiger partial charge in [-0.05, 0) is 30.4 Å². The molecule has 2 aliphatic rings. The highest BCUT2D eigenvalue weighted by Gasteiger charge is 2.29. The molecule has 1 fully saturated rings. The molecule has 1 aromatic heterocycles. The van der Waals surface area contributed by atoms with Gasteiger partial charge in [-0.1, -0.05) is 24.3 Å². The Morgan fingerprint density at radius 1 is 1.12 bits per heavy atom. The minimum Gasteiger partial charge on any atom is -0.335 e. The number of carbonyl (C=O) groups is 1. The van der Waals surface area contributed by atoms with E-state index in [2.05, 4.69) is 39.2 Å². The summed E-state index contributed by atoms with van der Waals surface area (Å²) in [7, 11) is 1.54.